The molecule has 2 heterocycles. The van der Waals surface area contributed by atoms with Crippen molar-refractivity contribution in [2.45, 2.75) is 65.5 Å². The number of likely N-dealkylation sites (tertiary alicyclic amines) is 1. The minimum Gasteiger partial charge on any atom is -0.373 e. The molecule has 0 amide bonds. The molecule has 0 aromatic rings. The lowest BCUT2D eigenvalue weighted by Gasteiger charge is -2.33. The number of hydrogen-bond acceptors (Lipinski definition) is 2. The van der Waals surface area contributed by atoms with Gasteiger partial charge in [-0.3, -0.25) is 4.90 Å². The summed E-state index contributed by atoms with van der Waals surface area (Å²) in [5.41, 5.74) is 0.844. The molecule has 0 radical (unpaired) electrons. The Hall–Kier alpha value is -0.0800. The first-order valence-corrected chi connectivity index (χ1v) is 7.01. The molecule has 0 aliphatic carbocycles. The van der Waals surface area contributed by atoms with Crippen molar-refractivity contribution in [3.63, 3.8) is 0 Å². The summed E-state index contributed by atoms with van der Waals surface area (Å²) >= 11 is 0. The van der Waals surface area contributed by atoms with E-state index in [1.165, 1.54) is 19.4 Å². The van der Waals surface area contributed by atoms with Crippen LogP contribution in [0.15, 0.2) is 0 Å². The number of hydrogen-bond donors (Lipinski definition) is 0. The van der Waals surface area contributed by atoms with Crippen LogP contribution in [0.2, 0.25) is 0 Å². The van der Waals surface area contributed by atoms with E-state index in [1.54, 1.807) is 0 Å². The second-order valence-corrected chi connectivity index (χ2v) is 8.10. The number of nitrogens with zero attached hydrogens (tertiary/aromatic N) is 1. The van der Waals surface area contributed by atoms with Gasteiger partial charge in [0.05, 0.1) is 12.2 Å². The zero-order valence-electron chi connectivity index (χ0n) is 12.5. The minimum atomic E-state index is 0.172. The van der Waals surface area contributed by atoms with Crippen LogP contribution in [0.4, 0.5) is 0 Å². The zero-order valence-corrected chi connectivity index (χ0v) is 12.5. The molecule has 2 fully saturated rings. The Morgan fingerprint density at radius 2 is 1.76 bits per heavy atom. The first-order valence-electron chi connectivity index (χ1n) is 7.01. The van der Waals surface area contributed by atoms with Crippen molar-refractivity contribution in [2.75, 3.05) is 19.7 Å². The predicted octanol–water partition coefficient (Wildman–Crippen LogP) is 3.31. The second kappa shape index (κ2) is 3.96. The molecule has 2 heteroatoms. The largest absolute Gasteiger partial charge is 0.373 e. The van der Waals surface area contributed by atoms with Crippen LogP contribution in [0.3, 0.4) is 0 Å². The molecule has 2 saturated heterocycles. The maximum absolute atomic E-state index is 6.22. The fourth-order valence-electron chi connectivity index (χ4n) is 3.10. The van der Waals surface area contributed by atoms with Crippen molar-refractivity contribution in [1.82, 2.24) is 4.90 Å². The van der Waals surface area contributed by atoms with E-state index in [9.17, 15) is 0 Å². The summed E-state index contributed by atoms with van der Waals surface area (Å²) in [6.07, 6.45) is 2.47. The van der Waals surface area contributed by atoms with Crippen LogP contribution in [0.25, 0.3) is 0 Å². The van der Waals surface area contributed by atoms with E-state index in [0.717, 1.165) is 19.1 Å². The molecule has 2 rings (SSSR count). The first-order chi connectivity index (χ1) is 7.62. The summed E-state index contributed by atoms with van der Waals surface area (Å²) in [5, 5.41) is 0. The molecule has 17 heavy (non-hydrogen) atoms. The average molecular weight is 239 g/mol. The van der Waals surface area contributed by atoms with Gasteiger partial charge in [-0.25, -0.2) is 0 Å². The van der Waals surface area contributed by atoms with Crippen LogP contribution in [0.5, 0.6) is 0 Å². The lowest BCUT2D eigenvalue weighted by Crippen LogP contribution is -2.42. The third-order valence-corrected chi connectivity index (χ3v) is 4.70. The van der Waals surface area contributed by atoms with Gasteiger partial charge in [0, 0.05) is 18.6 Å². The summed E-state index contributed by atoms with van der Waals surface area (Å²) < 4.78 is 6.22. The fraction of sp³-hybridized carbons (Fsp3) is 1.00. The second-order valence-electron chi connectivity index (χ2n) is 8.10. The standard InChI is InChI=1S/C15H29NO/c1-13(2,3)12-9-15(17-10-12)7-8-16(11-15)14(4,5)6/h12H,7-11H2,1-6H3. The van der Waals surface area contributed by atoms with Crippen LogP contribution < -0.4 is 0 Å². The summed E-state index contributed by atoms with van der Waals surface area (Å²) in [6.45, 7) is 17.2. The molecule has 2 aliphatic rings. The molecule has 100 valence electrons. The summed E-state index contributed by atoms with van der Waals surface area (Å²) in [4.78, 5) is 2.58. The maximum Gasteiger partial charge on any atom is 0.0825 e. The molecule has 0 saturated carbocycles. The lowest BCUT2D eigenvalue weighted by atomic mass is 9.77. The Morgan fingerprint density at radius 3 is 2.18 bits per heavy atom. The van der Waals surface area contributed by atoms with E-state index in [1.807, 2.05) is 0 Å². The highest BCUT2D eigenvalue weighted by Gasteiger charge is 2.49. The smallest absolute Gasteiger partial charge is 0.0825 e. The topological polar surface area (TPSA) is 12.5 Å². The Balaban J connectivity index is 2.01. The third-order valence-electron chi connectivity index (χ3n) is 4.70. The number of rotatable bonds is 0. The van der Waals surface area contributed by atoms with Crippen molar-refractivity contribution in [1.29, 1.82) is 0 Å². The summed E-state index contributed by atoms with van der Waals surface area (Å²) in [6, 6.07) is 0. The molecule has 2 atom stereocenters. The van der Waals surface area contributed by atoms with Crippen LogP contribution in [-0.2, 0) is 4.74 Å². The van der Waals surface area contributed by atoms with E-state index in [0.29, 0.717) is 5.41 Å². The monoisotopic (exact) mass is 239 g/mol. The van der Waals surface area contributed by atoms with Gasteiger partial charge in [-0.1, -0.05) is 20.8 Å². The summed E-state index contributed by atoms with van der Waals surface area (Å²) in [5.74, 6) is 0.724. The Morgan fingerprint density at radius 1 is 1.12 bits per heavy atom. The Bertz CT molecular complexity index is 254. The molecule has 2 unspecified atom stereocenters. The van der Waals surface area contributed by atoms with Gasteiger partial charge < -0.3 is 4.74 Å². The highest BCUT2D eigenvalue weighted by molar-refractivity contribution is 5.01. The third kappa shape index (κ3) is 2.68. The van der Waals surface area contributed by atoms with Gasteiger partial charge in [-0.2, -0.15) is 0 Å². The summed E-state index contributed by atoms with van der Waals surface area (Å²) in [7, 11) is 0. The zero-order chi connectivity index (χ0) is 12.9. The van der Waals surface area contributed by atoms with Gasteiger partial charge in [-0.05, 0) is 44.9 Å². The highest BCUT2D eigenvalue weighted by atomic mass is 16.5. The van der Waals surface area contributed by atoms with Crippen LogP contribution >= 0.6 is 0 Å². The lowest BCUT2D eigenvalue weighted by molar-refractivity contribution is 0.00225. The molecule has 2 nitrogen and oxygen atoms in total. The molecular formula is C15H29NO. The molecule has 1 spiro atoms. The molecule has 0 N–H and O–H groups in total. The molecule has 0 aromatic carbocycles. The van der Waals surface area contributed by atoms with Crippen LogP contribution in [-0.4, -0.2) is 35.7 Å². The van der Waals surface area contributed by atoms with Crippen molar-refractivity contribution in [3.05, 3.63) is 0 Å². The Labute approximate surface area is 107 Å². The molecule has 0 bridgehead atoms. The quantitative estimate of drug-likeness (QED) is 0.643. The number of ether oxygens (including phenoxy) is 1. The normalized spacial score (nSPS) is 36.0. The fourth-order valence-corrected chi connectivity index (χ4v) is 3.10. The van der Waals surface area contributed by atoms with Gasteiger partial charge in [0.2, 0.25) is 0 Å². The molecule has 2 aliphatic heterocycles. The van der Waals surface area contributed by atoms with Crippen molar-refractivity contribution in [3.8, 4) is 0 Å². The van der Waals surface area contributed by atoms with Gasteiger partial charge in [0.15, 0.2) is 0 Å². The van der Waals surface area contributed by atoms with E-state index in [-0.39, 0.29) is 11.1 Å². The molecule has 0 aromatic heterocycles. The maximum atomic E-state index is 6.22. The minimum absolute atomic E-state index is 0.172. The van der Waals surface area contributed by atoms with E-state index in [2.05, 4.69) is 46.4 Å². The van der Waals surface area contributed by atoms with Crippen molar-refractivity contribution < 1.29 is 4.74 Å². The van der Waals surface area contributed by atoms with Gasteiger partial charge in [0.1, 0.15) is 0 Å². The van der Waals surface area contributed by atoms with Crippen molar-refractivity contribution >= 4 is 0 Å². The average Bonchev–Trinajstić information content (AvgIpc) is 2.72. The highest BCUT2D eigenvalue weighted by Crippen LogP contribution is 2.45. The van der Waals surface area contributed by atoms with Gasteiger partial charge >= 0.3 is 0 Å². The van der Waals surface area contributed by atoms with Gasteiger partial charge in [0.25, 0.3) is 0 Å². The van der Waals surface area contributed by atoms with Gasteiger partial charge in [-0.15, -0.1) is 0 Å². The van der Waals surface area contributed by atoms with Crippen molar-refractivity contribution in [2.24, 2.45) is 11.3 Å². The van der Waals surface area contributed by atoms with Crippen LogP contribution in [0.1, 0.15) is 54.4 Å². The van der Waals surface area contributed by atoms with Crippen LogP contribution in [0, 0.1) is 11.3 Å². The van der Waals surface area contributed by atoms with E-state index in [4.69, 9.17) is 4.74 Å². The first kappa shape index (κ1) is 13.4. The molecular weight excluding hydrogens is 210 g/mol. The SMILES string of the molecule is CC(C)(C)C1COC2(CCN(C(C)(C)C)C2)C1. The predicted molar refractivity (Wildman–Crippen MR) is 72.2 cm³/mol. The van der Waals surface area contributed by atoms with E-state index >= 15 is 0 Å². The van der Waals surface area contributed by atoms with E-state index < -0.39 is 0 Å². The Kier molecular flexibility index (Phi) is 3.11.